The lowest BCUT2D eigenvalue weighted by atomic mass is 10.3. The molecule has 6 nitrogen and oxygen atoms in total. The van der Waals surface area contributed by atoms with Gasteiger partial charge < -0.3 is 5.32 Å². The monoisotopic (exact) mass is 167 g/mol. The van der Waals surface area contributed by atoms with Crippen molar-refractivity contribution in [1.82, 2.24) is 20.6 Å². The molecule has 0 aromatic heterocycles. The second-order valence-electron chi connectivity index (χ2n) is 2.85. The zero-order chi connectivity index (χ0) is 7.97. The minimum atomic E-state index is 0.893. The number of hydrogen-bond acceptors (Lipinski definition) is 6. The first kappa shape index (κ1) is 6.13. The zero-order valence-corrected chi connectivity index (χ0v) is 6.47. The largest absolute Gasteiger partial charge is 0.309 e. The van der Waals surface area contributed by atoms with Crippen molar-refractivity contribution in [2.24, 2.45) is 5.16 Å². The van der Waals surface area contributed by atoms with Gasteiger partial charge in [0.2, 0.25) is 0 Å². The van der Waals surface area contributed by atoms with Gasteiger partial charge in [-0.15, -0.1) is 5.12 Å². The molecule has 1 saturated heterocycles. The Morgan fingerprint density at radius 1 is 1.58 bits per heavy atom. The van der Waals surface area contributed by atoms with Crippen molar-refractivity contribution in [3.8, 4) is 0 Å². The molecule has 0 aromatic rings. The number of hydroxylamine groups is 1. The van der Waals surface area contributed by atoms with Gasteiger partial charge in [0.1, 0.15) is 0 Å². The van der Waals surface area contributed by atoms with E-state index in [1.807, 2.05) is 11.3 Å². The van der Waals surface area contributed by atoms with Gasteiger partial charge in [0.25, 0.3) is 0 Å². The molecule has 6 heteroatoms. The van der Waals surface area contributed by atoms with Crippen LogP contribution in [0.5, 0.6) is 0 Å². The van der Waals surface area contributed by atoms with Gasteiger partial charge >= 0.3 is 0 Å². The number of nitrogens with one attached hydrogen (secondary N) is 1. The molecule has 0 amide bonds. The number of piperazine rings is 1. The summed E-state index contributed by atoms with van der Waals surface area (Å²) in [5.41, 5.74) is 1.22. The molecule has 0 aromatic carbocycles. The second-order valence-corrected chi connectivity index (χ2v) is 2.85. The van der Waals surface area contributed by atoms with Crippen molar-refractivity contribution >= 4 is 6.34 Å². The van der Waals surface area contributed by atoms with Crippen LogP contribution in [0.2, 0.25) is 0 Å². The first-order chi connectivity index (χ1) is 5.95. The van der Waals surface area contributed by atoms with Crippen LogP contribution in [-0.4, -0.2) is 41.3 Å². The summed E-state index contributed by atoms with van der Waals surface area (Å²) in [6.45, 7) is 2.84. The molecule has 0 unspecified atom stereocenters. The van der Waals surface area contributed by atoms with Crippen LogP contribution in [0.3, 0.4) is 0 Å². The quantitative estimate of drug-likeness (QED) is 0.505. The number of hydrogen-bond donors (Lipinski definition) is 1. The first-order valence-electron chi connectivity index (χ1n) is 3.93. The predicted octanol–water partition coefficient (Wildman–Crippen LogP) is -0.931. The molecule has 64 valence electrons. The smallest absolute Gasteiger partial charge is 0.179 e. The minimum absolute atomic E-state index is 0.893. The van der Waals surface area contributed by atoms with Gasteiger partial charge in [-0.3, -0.25) is 5.01 Å². The average Bonchev–Trinajstić information content (AvgIpc) is 2.62. The molecule has 0 saturated carbocycles. The third kappa shape index (κ3) is 0.646. The highest BCUT2D eigenvalue weighted by atomic mass is 16.9. The van der Waals surface area contributed by atoms with Gasteiger partial charge in [0.05, 0.1) is 18.4 Å². The highest BCUT2D eigenvalue weighted by Crippen LogP contribution is 2.23. The molecule has 3 rings (SSSR count). The summed E-state index contributed by atoms with van der Waals surface area (Å²) in [5, 5.41) is 12.6. The highest BCUT2D eigenvalue weighted by molar-refractivity contribution is 5.55. The van der Waals surface area contributed by atoms with Gasteiger partial charge in [-0.2, -0.15) is 0 Å². The van der Waals surface area contributed by atoms with E-state index >= 15 is 0 Å². The molecule has 0 atom stereocenters. The fourth-order valence-electron chi connectivity index (χ4n) is 1.56. The summed E-state index contributed by atoms with van der Waals surface area (Å²) in [4.78, 5) is 4.95. The lowest BCUT2D eigenvalue weighted by Gasteiger charge is -2.31. The molecule has 0 radical (unpaired) electrons. The predicted molar refractivity (Wildman–Crippen MR) is 40.9 cm³/mol. The standard InChI is InChI=1S/C6H9N5O/c1-2-9-6(3-7-1)4-11-10(9)5-8-12-11/h4-5,7H,1-3H2. The molecule has 3 aliphatic rings. The molecular formula is C6H9N5O. The Hall–Kier alpha value is -1.43. The number of fused-ring (bicyclic) bond motifs is 3. The lowest BCUT2D eigenvalue weighted by Crippen LogP contribution is -2.48. The van der Waals surface area contributed by atoms with E-state index in [1.54, 1.807) is 11.5 Å². The maximum atomic E-state index is 4.95. The minimum Gasteiger partial charge on any atom is -0.309 e. The molecule has 0 aliphatic carbocycles. The summed E-state index contributed by atoms with van der Waals surface area (Å²) >= 11 is 0. The number of oxime groups is 1. The Morgan fingerprint density at radius 3 is 3.58 bits per heavy atom. The highest BCUT2D eigenvalue weighted by Gasteiger charge is 2.34. The Morgan fingerprint density at radius 2 is 2.58 bits per heavy atom. The van der Waals surface area contributed by atoms with Crippen molar-refractivity contribution in [2.75, 3.05) is 19.6 Å². The lowest BCUT2D eigenvalue weighted by molar-refractivity contribution is -0.232. The van der Waals surface area contributed by atoms with E-state index in [0.717, 1.165) is 19.6 Å². The third-order valence-corrected chi connectivity index (χ3v) is 2.13. The van der Waals surface area contributed by atoms with E-state index in [9.17, 15) is 0 Å². The summed E-state index contributed by atoms with van der Waals surface area (Å²) in [6, 6.07) is 0. The van der Waals surface area contributed by atoms with Crippen LogP contribution in [0.1, 0.15) is 0 Å². The fourth-order valence-corrected chi connectivity index (χ4v) is 1.56. The molecule has 1 N–H and O–H groups in total. The van der Waals surface area contributed by atoms with E-state index < -0.39 is 0 Å². The van der Waals surface area contributed by atoms with Crippen LogP contribution >= 0.6 is 0 Å². The topological polar surface area (TPSA) is 43.3 Å². The van der Waals surface area contributed by atoms with E-state index in [1.165, 1.54) is 5.70 Å². The van der Waals surface area contributed by atoms with Crippen LogP contribution in [0.15, 0.2) is 17.1 Å². The Balaban J connectivity index is 1.90. The Labute approximate surface area is 69.5 Å². The van der Waals surface area contributed by atoms with Crippen LogP contribution in [0.25, 0.3) is 0 Å². The second kappa shape index (κ2) is 2.04. The maximum absolute atomic E-state index is 4.95. The van der Waals surface area contributed by atoms with Gasteiger partial charge in [0, 0.05) is 13.1 Å². The molecule has 0 bridgehead atoms. The van der Waals surface area contributed by atoms with E-state index in [2.05, 4.69) is 15.5 Å². The Bertz CT molecular complexity index is 263. The summed E-state index contributed by atoms with van der Waals surface area (Å²) in [6.07, 6.45) is 3.59. The van der Waals surface area contributed by atoms with Crippen molar-refractivity contribution in [3.63, 3.8) is 0 Å². The van der Waals surface area contributed by atoms with Crippen molar-refractivity contribution in [1.29, 1.82) is 0 Å². The fraction of sp³-hybridized carbons (Fsp3) is 0.500. The van der Waals surface area contributed by atoms with Gasteiger partial charge in [-0.1, -0.05) is 5.17 Å². The van der Waals surface area contributed by atoms with Crippen molar-refractivity contribution < 1.29 is 4.94 Å². The molecule has 0 spiro atoms. The molecule has 3 aliphatic heterocycles. The molecule has 3 heterocycles. The third-order valence-electron chi connectivity index (χ3n) is 2.13. The normalized spacial score (nSPS) is 25.3. The summed E-state index contributed by atoms with van der Waals surface area (Å²) in [7, 11) is 0. The molecular weight excluding hydrogens is 158 g/mol. The van der Waals surface area contributed by atoms with E-state index in [0.29, 0.717) is 0 Å². The summed E-state index contributed by atoms with van der Waals surface area (Å²) < 4.78 is 0. The van der Waals surface area contributed by atoms with Gasteiger partial charge in [-0.05, 0) is 5.16 Å². The number of rotatable bonds is 0. The SMILES string of the molecule is C1=NON2C=C3CNCCN3N12. The first-order valence-corrected chi connectivity index (χ1v) is 3.93. The maximum Gasteiger partial charge on any atom is 0.179 e. The zero-order valence-electron chi connectivity index (χ0n) is 6.47. The Kier molecular flexibility index (Phi) is 1.04. The van der Waals surface area contributed by atoms with Gasteiger partial charge in [0.15, 0.2) is 6.34 Å². The molecule has 1 fully saturated rings. The number of hydrazine groups is 2. The van der Waals surface area contributed by atoms with Crippen molar-refractivity contribution in [2.45, 2.75) is 0 Å². The van der Waals surface area contributed by atoms with E-state index in [4.69, 9.17) is 4.94 Å². The van der Waals surface area contributed by atoms with Crippen molar-refractivity contribution in [3.05, 3.63) is 11.9 Å². The van der Waals surface area contributed by atoms with Crippen LogP contribution in [0, 0.1) is 0 Å². The summed E-state index contributed by atoms with van der Waals surface area (Å²) in [5.74, 6) is 0. The van der Waals surface area contributed by atoms with Gasteiger partial charge in [-0.25, -0.2) is 4.94 Å². The van der Waals surface area contributed by atoms with Crippen LogP contribution in [0.4, 0.5) is 0 Å². The number of nitrogens with zero attached hydrogens (tertiary/aromatic N) is 4. The average molecular weight is 167 g/mol. The van der Waals surface area contributed by atoms with Crippen LogP contribution in [-0.2, 0) is 4.94 Å². The van der Waals surface area contributed by atoms with Crippen LogP contribution < -0.4 is 5.32 Å². The van der Waals surface area contributed by atoms with E-state index in [-0.39, 0.29) is 0 Å². The molecule has 12 heavy (non-hydrogen) atoms.